The van der Waals surface area contributed by atoms with Gasteiger partial charge in [-0.25, -0.2) is 17.9 Å². The lowest BCUT2D eigenvalue weighted by atomic mass is 10.2. The summed E-state index contributed by atoms with van der Waals surface area (Å²) in [4.78, 5) is 10.2. The first-order chi connectivity index (χ1) is 6.81. The maximum Gasteiger partial charge on any atom is 0.418 e. The van der Waals surface area contributed by atoms with Crippen LogP contribution >= 0.6 is 0 Å². The highest BCUT2D eigenvalue weighted by Crippen LogP contribution is 2.13. The minimum absolute atomic E-state index is 0.0394. The molecule has 0 spiro atoms. The van der Waals surface area contributed by atoms with Gasteiger partial charge in [-0.15, -0.1) is 0 Å². The fourth-order valence-corrected chi connectivity index (χ4v) is 2.29. The Hall–Kier alpha value is -1.56. The van der Waals surface area contributed by atoms with E-state index in [-0.39, 0.29) is 4.90 Å². The van der Waals surface area contributed by atoms with Crippen molar-refractivity contribution in [3.63, 3.8) is 0 Å². The van der Waals surface area contributed by atoms with Gasteiger partial charge in [0.05, 0.1) is 4.90 Å². The van der Waals surface area contributed by atoms with Crippen LogP contribution in [0.1, 0.15) is 11.1 Å². The van der Waals surface area contributed by atoms with E-state index in [1.54, 1.807) is 19.9 Å². The molecule has 0 fully saturated rings. The Kier molecular flexibility index (Phi) is 2.99. The molecule has 5 nitrogen and oxygen atoms in total. The average Bonchev–Trinajstić information content (AvgIpc) is 1.99. The highest BCUT2D eigenvalue weighted by molar-refractivity contribution is 7.90. The second-order valence-corrected chi connectivity index (χ2v) is 4.92. The van der Waals surface area contributed by atoms with Crippen LogP contribution in [0.2, 0.25) is 0 Å². The number of carboxylic acid groups (broad SMARTS) is 1. The molecule has 82 valence electrons. The molecule has 0 saturated heterocycles. The van der Waals surface area contributed by atoms with E-state index in [0.717, 1.165) is 11.1 Å². The van der Waals surface area contributed by atoms with Crippen LogP contribution in [0.3, 0.4) is 0 Å². The predicted octanol–water partition coefficient (Wildman–Crippen LogP) is 1.26. The summed E-state index contributed by atoms with van der Waals surface area (Å²) in [5.74, 6) is 0. The number of rotatable bonds is 2. The van der Waals surface area contributed by atoms with Gasteiger partial charge < -0.3 is 5.11 Å². The third-order valence-electron chi connectivity index (χ3n) is 1.73. The van der Waals surface area contributed by atoms with Crippen molar-refractivity contribution in [2.24, 2.45) is 0 Å². The fraction of sp³-hybridized carbons (Fsp3) is 0.222. The van der Waals surface area contributed by atoms with E-state index in [4.69, 9.17) is 5.11 Å². The van der Waals surface area contributed by atoms with Crippen molar-refractivity contribution in [1.82, 2.24) is 4.72 Å². The Bertz CT molecular complexity index is 473. The Balaban J connectivity index is 3.21. The zero-order valence-electron chi connectivity index (χ0n) is 8.31. The summed E-state index contributed by atoms with van der Waals surface area (Å²) in [7, 11) is -3.95. The summed E-state index contributed by atoms with van der Waals surface area (Å²) in [5, 5.41) is 8.36. The van der Waals surface area contributed by atoms with Crippen LogP contribution in [-0.2, 0) is 10.0 Å². The number of sulfonamides is 1. The first-order valence-corrected chi connectivity index (χ1v) is 5.63. The quantitative estimate of drug-likeness (QED) is 0.799. The molecule has 0 unspecified atom stereocenters. The number of benzene rings is 1. The van der Waals surface area contributed by atoms with Crippen molar-refractivity contribution in [2.75, 3.05) is 0 Å². The van der Waals surface area contributed by atoms with E-state index < -0.39 is 16.1 Å². The van der Waals surface area contributed by atoms with Crippen molar-refractivity contribution in [3.05, 3.63) is 29.3 Å². The van der Waals surface area contributed by atoms with Gasteiger partial charge in [-0.2, -0.15) is 0 Å². The minimum atomic E-state index is -3.95. The molecular formula is C9H11NO4S. The molecule has 1 aromatic carbocycles. The smallest absolute Gasteiger partial charge is 0.418 e. The van der Waals surface area contributed by atoms with Gasteiger partial charge in [0.2, 0.25) is 0 Å². The van der Waals surface area contributed by atoms with Crippen molar-refractivity contribution in [3.8, 4) is 0 Å². The molecule has 0 atom stereocenters. The van der Waals surface area contributed by atoms with Crippen LogP contribution < -0.4 is 4.72 Å². The van der Waals surface area contributed by atoms with Gasteiger partial charge >= 0.3 is 6.09 Å². The summed E-state index contributed by atoms with van der Waals surface area (Å²) in [6, 6.07) is 4.64. The average molecular weight is 229 g/mol. The van der Waals surface area contributed by atoms with Crippen molar-refractivity contribution < 1.29 is 18.3 Å². The van der Waals surface area contributed by atoms with Gasteiger partial charge in [0, 0.05) is 0 Å². The molecule has 0 saturated carbocycles. The normalized spacial score (nSPS) is 11.1. The molecule has 1 aromatic rings. The first-order valence-electron chi connectivity index (χ1n) is 4.15. The Morgan fingerprint density at radius 2 is 1.67 bits per heavy atom. The molecule has 0 aromatic heterocycles. The Labute approximate surface area is 87.8 Å². The highest BCUT2D eigenvalue weighted by atomic mass is 32.2. The molecule has 2 N–H and O–H groups in total. The molecule has 0 aliphatic rings. The summed E-state index contributed by atoms with van der Waals surface area (Å²) >= 11 is 0. The second-order valence-electron chi connectivity index (χ2n) is 3.23. The summed E-state index contributed by atoms with van der Waals surface area (Å²) < 4.78 is 24.4. The highest BCUT2D eigenvalue weighted by Gasteiger charge is 2.17. The molecule has 15 heavy (non-hydrogen) atoms. The van der Waals surface area contributed by atoms with E-state index in [1.165, 1.54) is 16.9 Å². The van der Waals surface area contributed by atoms with Crippen LogP contribution in [-0.4, -0.2) is 19.6 Å². The Morgan fingerprint density at radius 1 is 1.20 bits per heavy atom. The second kappa shape index (κ2) is 3.90. The van der Waals surface area contributed by atoms with Gasteiger partial charge in [-0.05, 0) is 37.1 Å². The predicted molar refractivity (Wildman–Crippen MR) is 54.3 cm³/mol. The van der Waals surface area contributed by atoms with Crippen molar-refractivity contribution >= 4 is 16.1 Å². The fourth-order valence-electron chi connectivity index (χ4n) is 1.26. The van der Waals surface area contributed by atoms with E-state index in [9.17, 15) is 13.2 Å². The van der Waals surface area contributed by atoms with Crippen molar-refractivity contribution in [1.29, 1.82) is 0 Å². The molecule has 0 aliphatic heterocycles. The van der Waals surface area contributed by atoms with Gasteiger partial charge in [-0.1, -0.05) is 6.07 Å². The van der Waals surface area contributed by atoms with E-state index >= 15 is 0 Å². The van der Waals surface area contributed by atoms with Crippen molar-refractivity contribution in [2.45, 2.75) is 18.7 Å². The lowest BCUT2D eigenvalue weighted by Gasteiger charge is -2.05. The number of amides is 1. The molecule has 0 heterocycles. The number of aryl methyl sites for hydroxylation is 2. The molecule has 6 heteroatoms. The van der Waals surface area contributed by atoms with Crippen LogP contribution in [0, 0.1) is 13.8 Å². The lowest BCUT2D eigenvalue weighted by Crippen LogP contribution is -2.28. The molecular weight excluding hydrogens is 218 g/mol. The summed E-state index contributed by atoms with van der Waals surface area (Å²) in [6.07, 6.45) is -1.59. The number of hydrogen-bond donors (Lipinski definition) is 2. The van der Waals surface area contributed by atoms with Gasteiger partial charge in [0.1, 0.15) is 0 Å². The van der Waals surface area contributed by atoms with Gasteiger partial charge in [0.15, 0.2) is 0 Å². The van der Waals surface area contributed by atoms with Crippen LogP contribution in [0.25, 0.3) is 0 Å². The van der Waals surface area contributed by atoms with Crippen LogP contribution in [0.5, 0.6) is 0 Å². The minimum Gasteiger partial charge on any atom is -0.464 e. The molecule has 1 rings (SSSR count). The van der Waals surface area contributed by atoms with E-state index in [0.29, 0.717) is 0 Å². The molecule has 0 aliphatic carbocycles. The molecule has 1 amide bonds. The van der Waals surface area contributed by atoms with Crippen LogP contribution in [0.4, 0.5) is 4.79 Å². The van der Waals surface area contributed by atoms with E-state index in [2.05, 4.69) is 0 Å². The topological polar surface area (TPSA) is 83.5 Å². The molecule has 0 radical (unpaired) electrons. The zero-order chi connectivity index (χ0) is 11.6. The number of hydrogen-bond acceptors (Lipinski definition) is 3. The summed E-state index contributed by atoms with van der Waals surface area (Å²) in [5.41, 5.74) is 1.53. The monoisotopic (exact) mass is 229 g/mol. The molecule has 0 bridgehead atoms. The maximum absolute atomic E-state index is 11.5. The number of carbonyl (C=O) groups is 1. The van der Waals surface area contributed by atoms with Gasteiger partial charge in [-0.3, -0.25) is 0 Å². The Morgan fingerprint density at radius 3 is 2.07 bits per heavy atom. The number of nitrogens with one attached hydrogen (secondary N) is 1. The zero-order valence-corrected chi connectivity index (χ0v) is 9.13. The maximum atomic E-state index is 11.5. The lowest BCUT2D eigenvalue weighted by molar-refractivity contribution is 0.201. The largest absolute Gasteiger partial charge is 0.464 e. The third-order valence-corrected chi connectivity index (χ3v) is 3.03. The van der Waals surface area contributed by atoms with Gasteiger partial charge in [0.25, 0.3) is 10.0 Å². The van der Waals surface area contributed by atoms with E-state index in [1.807, 2.05) is 0 Å². The standard InChI is InChI=1S/C9H11NO4S/c1-6-3-7(2)5-8(4-6)15(13,14)10-9(11)12/h3-5,10H,1-2H3,(H,11,12). The summed E-state index contributed by atoms with van der Waals surface area (Å²) in [6.45, 7) is 3.49. The van der Waals surface area contributed by atoms with Crippen LogP contribution in [0.15, 0.2) is 23.1 Å². The SMILES string of the molecule is Cc1cc(C)cc(S(=O)(=O)NC(=O)O)c1. The third kappa shape index (κ3) is 2.95. The first kappa shape index (κ1) is 11.5.